The number of alkyl halides is 3. The molecule has 1 aliphatic heterocycles. The highest BCUT2D eigenvalue weighted by molar-refractivity contribution is 8.13. The van der Waals surface area contributed by atoms with Crippen LogP contribution in [0.3, 0.4) is 0 Å². The second-order valence-electron chi connectivity index (χ2n) is 6.29. The summed E-state index contributed by atoms with van der Waals surface area (Å²) in [5, 5.41) is 2.63. The van der Waals surface area contributed by atoms with Crippen molar-refractivity contribution in [2.45, 2.75) is 25.1 Å². The van der Waals surface area contributed by atoms with Gasteiger partial charge in [-0.2, -0.15) is 13.2 Å². The molecule has 0 saturated carbocycles. The Morgan fingerprint density at radius 2 is 2.07 bits per heavy atom. The molecule has 2 aromatic heterocycles. The molecule has 0 aliphatic carbocycles. The number of amides is 1. The van der Waals surface area contributed by atoms with E-state index in [0.717, 1.165) is 17.7 Å². The smallest absolute Gasteiger partial charge is 0.379 e. The molecular weight excluding hydrogens is 415 g/mol. The number of nitrogens with zero attached hydrogens (tertiary/aromatic N) is 3. The Bertz CT molecular complexity index is 953. The van der Waals surface area contributed by atoms with Crippen LogP contribution in [0.15, 0.2) is 35.7 Å². The molecule has 1 amide bonds. The maximum atomic E-state index is 12.7. The molecule has 28 heavy (non-hydrogen) atoms. The van der Waals surface area contributed by atoms with E-state index in [0.29, 0.717) is 23.1 Å². The van der Waals surface area contributed by atoms with Crippen LogP contribution in [0.4, 0.5) is 18.9 Å². The van der Waals surface area contributed by atoms with Gasteiger partial charge in [0.1, 0.15) is 5.69 Å². The highest BCUT2D eigenvalue weighted by Gasteiger charge is 2.32. The molecule has 0 saturated heterocycles. The van der Waals surface area contributed by atoms with Crippen LogP contribution in [0.25, 0.3) is 0 Å². The van der Waals surface area contributed by atoms with Crippen LogP contribution >= 0.6 is 23.4 Å². The molecule has 0 bridgehead atoms. The predicted molar refractivity (Wildman–Crippen MR) is 102 cm³/mol. The first-order valence-corrected chi connectivity index (χ1v) is 9.42. The van der Waals surface area contributed by atoms with Crippen molar-refractivity contribution in [3.8, 4) is 0 Å². The second-order valence-corrected chi connectivity index (χ2v) is 7.81. The Morgan fingerprint density at radius 3 is 2.71 bits per heavy atom. The molecule has 3 N–H and O–H groups in total. The van der Waals surface area contributed by atoms with Crippen molar-refractivity contribution in [3.63, 3.8) is 0 Å². The summed E-state index contributed by atoms with van der Waals surface area (Å²) in [4.78, 5) is 24.5. The summed E-state index contributed by atoms with van der Waals surface area (Å²) < 4.78 is 38.1. The lowest BCUT2D eigenvalue weighted by molar-refractivity contribution is -0.137. The summed E-state index contributed by atoms with van der Waals surface area (Å²) >= 11 is 7.28. The van der Waals surface area contributed by atoms with E-state index in [1.54, 1.807) is 12.3 Å². The SMILES string of the molecule is C[C@@]1(c2cncc(NC(=O)c3ncc(C(F)(F)F)cc3Cl)c2)CCSC(N)=N1. The maximum Gasteiger partial charge on any atom is 0.417 e. The number of pyridine rings is 2. The Balaban J connectivity index is 1.83. The number of aliphatic imine (C=N–C) groups is 1. The van der Waals surface area contributed by atoms with Gasteiger partial charge in [0.2, 0.25) is 0 Å². The zero-order valence-corrected chi connectivity index (χ0v) is 16.1. The van der Waals surface area contributed by atoms with E-state index >= 15 is 0 Å². The van der Waals surface area contributed by atoms with Gasteiger partial charge in [0.05, 0.1) is 28.0 Å². The molecule has 3 rings (SSSR count). The number of amidine groups is 1. The summed E-state index contributed by atoms with van der Waals surface area (Å²) in [5.74, 6) is 0.0538. The van der Waals surface area contributed by atoms with Gasteiger partial charge in [-0.25, -0.2) is 4.98 Å². The van der Waals surface area contributed by atoms with E-state index in [9.17, 15) is 18.0 Å². The molecule has 2 aromatic rings. The van der Waals surface area contributed by atoms with Crippen LogP contribution in [0, 0.1) is 0 Å². The van der Waals surface area contributed by atoms with Crippen LogP contribution in [0.1, 0.15) is 35.0 Å². The number of nitrogens with two attached hydrogens (primary N) is 1. The lowest BCUT2D eigenvalue weighted by Crippen LogP contribution is -2.29. The number of carbonyl (C=O) groups is 1. The van der Waals surface area contributed by atoms with E-state index in [2.05, 4.69) is 20.3 Å². The van der Waals surface area contributed by atoms with Crippen molar-refractivity contribution in [2.75, 3.05) is 11.1 Å². The zero-order chi connectivity index (χ0) is 20.5. The molecular formula is C17H15ClF3N5OS. The van der Waals surface area contributed by atoms with Gasteiger partial charge in [0.15, 0.2) is 5.17 Å². The number of halogens is 4. The van der Waals surface area contributed by atoms with Gasteiger partial charge >= 0.3 is 6.18 Å². The molecule has 1 atom stereocenters. The number of carbonyl (C=O) groups excluding carboxylic acids is 1. The topological polar surface area (TPSA) is 93.3 Å². The Labute approximate surface area is 167 Å². The number of thioether (sulfide) groups is 1. The van der Waals surface area contributed by atoms with Gasteiger partial charge in [0, 0.05) is 18.1 Å². The lowest BCUT2D eigenvalue weighted by atomic mass is 9.91. The number of hydrogen-bond acceptors (Lipinski definition) is 6. The van der Waals surface area contributed by atoms with Crippen molar-refractivity contribution >= 4 is 40.1 Å². The van der Waals surface area contributed by atoms with Gasteiger partial charge in [-0.05, 0) is 31.0 Å². The molecule has 1 aliphatic rings. The van der Waals surface area contributed by atoms with Crippen molar-refractivity contribution in [3.05, 3.63) is 52.6 Å². The number of aromatic nitrogens is 2. The highest BCUT2D eigenvalue weighted by atomic mass is 35.5. The van der Waals surface area contributed by atoms with Gasteiger partial charge in [0.25, 0.3) is 5.91 Å². The van der Waals surface area contributed by atoms with Gasteiger partial charge in [-0.3, -0.25) is 14.8 Å². The molecule has 0 fully saturated rings. The quantitative estimate of drug-likeness (QED) is 0.767. The molecule has 0 aromatic carbocycles. The van der Waals surface area contributed by atoms with E-state index in [-0.39, 0.29) is 5.69 Å². The van der Waals surface area contributed by atoms with Crippen molar-refractivity contribution in [2.24, 2.45) is 10.7 Å². The molecule has 6 nitrogen and oxygen atoms in total. The fraction of sp³-hybridized carbons (Fsp3) is 0.294. The van der Waals surface area contributed by atoms with Crippen molar-refractivity contribution in [1.82, 2.24) is 9.97 Å². The third-order valence-corrected chi connectivity index (χ3v) is 5.28. The third-order valence-electron chi connectivity index (χ3n) is 4.20. The van der Waals surface area contributed by atoms with Crippen LogP contribution in [-0.2, 0) is 11.7 Å². The number of rotatable bonds is 3. The predicted octanol–water partition coefficient (Wildman–Crippen LogP) is 4.07. The average molecular weight is 430 g/mol. The Hall–Kier alpha value is -2.33. The maximum absolute atomic E-state index is 12.7. The monoisotopic (exact) mass is 429 g/mol. The fourth-order valence-electron chi connectivity index (χ4n) is 2.65. The fourth-order valence-corrected chi connectivity index (χ4v) is 3.87. The molecule has 0 radical (unpaired) electrons. The number of hydrogen-bond donors (Lipinski definition) is 2. The van der Waals surface area contributed by atoms with Crippen LogP contribution in [0.5, 0.6) is 0 Å². The summed E-state index contributed by atoms with van der Waals surface area (Å²) in [6, 6.07) is 2.35. The third kappa shape index (κ3) is 4.39. The first-order valence-electron chi connectivity index (χ1n) is 8.06. The Kier molecular flexibility index (Phi) is 5.53. The minimum atomic E-state index is -4.60. The van der Waals surface area contributed by atoms with E-state index in [1.807, 2.05) is 6.92 Å². The van der Waals surface area contributed by atoms with Crippen LogP contribution in [-0.4, -0.2) is 26.8 Å². The summed E-state index contributed by atoms with van der Waals surface area (Å²) in [7, 11) is 0. The largest absolute Gasteiger partial charge is 0.417 e. The normalized spacial score (nSPS) is 19.8. The van der Waals surface area contributed by atoms with Crippen molar-refractivity contribution < 1.29 is 18.0 Å². The van der Waals surface area contributed by atoms with E-state index in [1.165, 1.54) is 18.0 Å². The highest BCUT2D eigenvalue weighted by Crippen LogP contribution is 2.35. The molecule has 11 heteroatoms. The zero-order valence-electron chi connectivity index (χ0n) is 14.5. The molecule has 148 valence electrons. The average Bonchev–Trinajstić information content (AvgIpc) is 2.61. The summed E-state index contributed by atoms with van der Waals surface area (Å²) in [6.45, 7) is 1.91. The Morgan fingerprint density at radius 1 is 1.32 bits per heavy atom. The number of anilines is 1. The second kappa shape index (κ2) is 7.59. The lowest BCUT2D eigenvalue weighted by Gasteiger charge is -2.29. The molecule has 0 spiro atoms. The van der Waals surface area contributed by atoms with Gasteiger partial charge in [-0.15, -0.1) is 0 Å². The van der Waals surface area contributed by atoms with E-state index < -0.39 is 28.2 Å². The molecule has 3 heterocycles. The van der Waals surface area contributed by atoms with Gasteiger partial charge in [-0.1, -0.05) is 23.4 Å². The molecule has 0 unspecified atom stereocenters. The number of nitrogens with one attached hydrogen (secondary N) is 1. The van der Waals surface area contributed by atoms with Crippen LogP contribution in [0.2, 0.25) is 5.02 Å². The summed E-state index contributed by atoms with van der Waals surface area (Å²) in [6.07, 6.45) is -0.253. The van der Waals surface area contributed by atoms with Crippen LogP contribution < -0.4 is 11.1 Å². The minimum absolute atomic E-state index is 0.317. The standard InChI is InChI=1S/C17H15ClF3N5OS/c1-16(2-3-28-15(22)26-16)9-4-11(8-23-6-9)25-14(27)13-12(18)5-10(7-24-13)17(19,20)21/h4-8H,2-3H2,1H3,(H2,22,26)(H,25,27)/t16-/m0/s1. The first-order chi connectivity index (χ1) is 13.1. The summed E-state index contributed by atoms with van der Waals surface area (Å²) in [5.41, 5.74) is 4.99. The van der Waals surface area contributed by atoms with E-state index in [4.69, 9.17) is 17.3 Å². The first kappa shape index (κ1) is 20.4. The van der Waals surface area contributed by atoms with Gasteiger partial charge < -0.3 is 11.1 Å². The van der Waals surface area contributed by atoms with Crippen molar-refractivity contribution in [1.29, 1.82) is 0 Å². The minimum Gasteiger partial charge on any atom is -0.379 e.